The number of methoxy groups -OCH3 is 1. The third kappa shape index (κ3) is 3.96. The van der Waals surface area contributed by atoms with E-state index in [1.165, 1.54) is 7.11 Å². The average molecular weight is 185 g/mol. The molecule has 0 N–H and O–H groups in total. The summed E-state index contributed by atoms with van der Waals surface area (Å²) in [6.45, 7) is 1.81. The fourth-order valence-electron chi connectivity index (χ4n) is 0.408. The standard InChI is InChI=1S/C6H10Cl2O2/c1-3-6(7,8)4-5(9)10-2/h3-4H2,1-2H3. The van der Waals surface area contributed by atoms with Gasteiger partial charge in [-0.2, -0.15) is 0 Å². The quantitative estimate of drug-likeness (QED) is 0.497. The smallest absolute Gasteiger partial charge is 0.308 e. The Morgan fingerprint density at radius 2 is 2.10 bits per heavy atom. The molecule has 4 heteroatoms. The summed E-state index contributed by atoms with van der Waals surface area (Å²) in [6.07, 6.45) is 0.578. The highest BCUT2D eigenvalue weighted by atomic mass is 35.5. The van der Waals surface area contributed by atoms with E-state index < -0.39 is 4.33 Å². The van der Waals surface area contributed by atoms with E-state index in [1.807, 2.05) is 6.92 Å². The highest BCUT2D eigenvalue weighted by molar-refractivity contribution is 6.49. The van der Waals surface area contributed by atoms with Gasteiger partial charge in [0, 0.05) is 0 Å². The summed E-state index contributed by atoms with van der Waals surface area (Å²) in [4.78, 5) is 10.6. The molecule has 0 saturated heterocycles. The first kappa shape index (κ1) is 10.0. The minimum absolute atomic E-state index is 0.0448. The molecule has 0 heterocycles. The molecule has 10 heavy (non-hydrogen) atoms. The molecule has 0 fully saturated rings. The summed E-state index contributed by atoms with van der Waals surface area (Å²) in [5, 5.41) is 0. The van der Waals surface area contributed by atoms with Crippen molar-refractivity contribution in [3.63, 3.8) is 0 Å². The highest BCUT2D eigenvalue weighted by Crippen LogP contribution is 2.28. The molecule has 0 saturated carbocycles. The molecule has 0 aliphatic heterocycles. The SMILES string of the molecule is CCC(Cl)(Cl)CC(=O)OC. The van der Waals surface area contributed by atoms with Gasteiger partial charge in [0.1, 0.15) is 4.33 Å². The van der Waals surface area contributed by atoms with Crippen molar-refractivity contribution in [1.29, 1.82) is 0 Å². The maximum Gasteiger partial charge on any atom is 0.308 e. The third-order valence-electron chi connectivity index (χ3n) is 1.15. The van der Waals surface area contributed by atoms with Crippen LogP contribution in [0.4, 0.5) is 0 Å². The van der Waals surface area contributed by atoms with E-state index in [0.717, 1.165) is 0 Å². The Morgan fingerprint density at radius 3 is 2.40 bits per heavy atom. The minimum Gasteiger partial charge on any atom is -0.469 e. The molecule has 0 aliphatic rings. The van der Waals surface area contributed by atoms with Crippen molar-refractivity contribution >= 4 is 29.2 Å². The van der Waals surface area contributed by atoms with Crippen LogP contribution in [0.15, 0.2) is 0 Å². The zero-order valence-corrected chi connectivity index (χ0v) is 7.50. The van der Waals surface area contributed by atoms with Crippen LogP contribution < -0.4 is 0 Å². The largest absolute Gasteiger partial charge is 0.469 e. The monoisotopic (exact) mass is 184 g/mol. The molecule has 2 nitrogen and oxygen atoms in total. The van der Waals surface area contributed by atoms with Crippen molar-refractivity contribution in [2.45, 2.75) is 24.1 Å². The molecule has 0 aliphatic carbocycles. The third-order valence-corrected chi connectivity index (χ3v) is 1.95. The van der Waals surface area contributed by atoms with E-state index in [1.54, 1.807) is 0 Å². The van der Waals surface area contributed by atoms with Gasteiger partial charge < -0.3 is 4.74 Å². The molecule has 0 atom stereocenters. The second-order valence-electron chi connectivity index (χ2n) is 1.96. The summed E-state index contributed by atoms with van der Waals surface area (Å²) in [5.41, 5.74) is 0. The number of alkyl halides is 2. The van der Waals surface area contributed by atoms with Crippen LogP contribution in [0.25, 0.3) is 0 Å². The van der Waals surface area contributed by atoms with Gasteiger partial charge in [0.2, 0.25) is 0 Å². The van der Waals surface area contributed by atoms with Crippen LogP contribution in [0.3, 0.4) is 0 Å². The molecule has 0 aromatic heterocycles. The summed E-state index contributed by atoms with van der Waals surface area (Å²) >= 11 is 11.3. The van der Waals surface area contributed by atoms with Gasteiger partial charge >= 0.3 is 5.97 Å². The van der Waals surface area contributed by atoms with Crippen LogP contribution in [-0.4, -0.2) is 17.4 Å². The van der Waals surface area contributed by atoms with E-state index in [2.05, 4.69) is 4.74 Å². The number of esters is 1. The molecule has 0 amide bonds. The molecule has 0 spiro atoms. The molecular weight excluding hydrogens is 175 g/mol. The van der Waals surface area contributed by atoms with Crippen LogP contribution in [0, 0.1) is 0 Å². The number of rotatable bonds is 3. The van der Waals surface area contributed by atoms with Crippen molar-refractivity contribution in [1.82, 2.24) is 0 Å². The van der Waals surface area contributed by atoms with Crippen molar-refractivity contribution in [3.05, 3.63) is 0 Å². The zero-order valence-electron chi connectivity index (χ0n) is 5.99. The highest BCUT2D eigenvalue weighted by Gasteiger charge is 2.25. The molecule has 0 aromatic carbocycles. The number of halogens is 2. The first-order chi connectivity index (χ1) is 4.52. The van der Waals surface area contributed by atoms with Gasteiger partial charge in [0.05, 0.1) is 13.5 Å². The van der Waals surface area contributed by atoms with Gasteiger partial charge in [-0.15, -0.1) is 23.2 Å². The van der Waals surface area contributed by atoms with Gasteiger partial charge in [-0.1, -0.05) is 6.92 Å². The zero-order chi connectivity index (χ0) is 8.20. The maximum atomic E-state index is 10.6. The Balaban J connectivity index is 3.76. The Labute approximate surface area is 70.4 Å². The summed E-state index contributed by atoms with van der Waals surface area (Å²) in [5.74, 6) is -0.383. The molecule has 0 radical (unpaired) electrons. The summed E-state index contributed by atoms with van der Waals surface area (Å²) < 4.78 is 3.41. The summed E-state index contributed by atoms with van der Waals surface area (Å²) in [7, 11) is 1.31. The van der Waals surface area contributed by atoms with Crippen LogP contribution in [0.5, 0.6) is 0 Å². The molecule has 0 bridgehead atoms. The van der Waals surface area contributed by atoms with Crippen molar-refractivity contribution in [2.24, 2.45) is 0 Å². The van der Waals surface area contributed by atoms with Crippen molar-refractivity contribution < 1.29 is 9.53 Å². The Bertz CT molecular complexity index is 123. The second kappa shape index (κ2) is 4.04. The minimum atomic E-state index is -0.965. The van der Waals surface area contributed by atoms with E-state index in [9.17, 15) is 4.79 Å². The number of carbonyl (C=O) groups excluding carboxylic acids is 1. The van der Waals surface area contributed by atoms with E-state index in [0.29, 0.717) is 6.42 Å². The van der Waals surface area contributed by atoms with Crippen LogP contribution in [-0.2, 0) is 9.53 Å². The van der Waals surface area contributed by atoms with Crippen molar-refractivity contribution in [3.8, 4) is 0 Å². The lowest BCUT2D eigenvalue weighted by molar-refractivity contribution is -0.140. The first-order valence-corrected chi connectivity index (χ1v) is 3.72. The van der Waals surface area contributed by atoms with Crippen LogP contribution >= 0.6 is 23.2 Å². The second-order valence-corrected chi connectivity index (χ2v) is 3.60. The van der Waals surface area contributed by atoms with E-state index in [4.69, 9.17) is 23.2 Å². The van der Waals surface area contributed by atoms with Gasteiger partial charge in [0.15, 0.2) is 0 Å². The van der Waals surface area contributed by atoms with Gasteiger partial charge in [-0.05, 0) is 6.42 Å². The van der Waals surface area contributed by atoms with Gasteiger partial charge in [-0.25, -0.2) is 0 Å². The lowest BCUT2D eigenvalue weighted by atomic mass is 10.2. The van der Waals surface area contributed by atoms with Crippen molar-refractivity contribution in [2.75, 3.05) is 7.11 Å². The number of hydrogen-bond acceptors (Lipinski definition) is 2. The molecular formula is C6H10Cl2O2. The van der Waals surface area contributed by atoms with E-state index in [-0.39, 0.29) is 12.4 Å². The predicted octanol–water partition coefficient (Wildman–Crippen LogP) is 2.13. The lowest BCUT2D eigenvalue weighted by Gasteiger charge is -2.14. The normalized spacial score (nSPS) is 11.2. The molecule has 60 valence electrons. The fourth-order valence-corrected chi connectivity index (χ4v) is 0.627. The fraction of sp³-hybridized carbons (Fsp3) is 0.833. The molecule has 0 rings (SSSR count). The van der Waals surface area contributed by atoms with Crippen LogP contribution in [0.2, 0.25) is 0 Å². The maximum absolute atomic E-state index is 10.6. The number of hydrogen-bond donors (Lipinski definition) is 0. The topological polar surface area (TPSA) is 26.3 Å². The van der Waals surface area contributed by atoms with Gasteiger partial charge in [0.25, 0.3) is 0 Å². The Kier molecular flexibility index (Phi) is 4.06. The Morgan fingerprint density at radius 1 is 1.60 bits per heavy atom. The number of ether oxygens (including phenoxy) is 1. The average Bonchev–Trinajstić information content (AvgIpc) is 1.87. The first-order valence-electron chi connectivity index (χ1n) is 2.96. The Hall–Kier alpha value is 0.0500. The predicted molar refractivity (Wildman–Crippen MR) is 41.4 cm³/mol. The van der Waals surface area contributed by atoms with Gasteiger partial charge in [-0.3, -0.25) is 4.79 Å². The van der Waals surface area contributed by atoms with E-state index >= 15 is 0 Å². The summed E-state index contributed by atoms with van der Waals surface area (Å²) in [6, 6.07) is 0. The lowest BCUT2D eigenvalue weighted by Crippen LogP contribution is -2.17. The number of carbonyl (C=O) groups is 1. The van der Waals surface area contributed by atoms with Crippen LogP contribution in [0.1, 0.15) is 19.8 Å². The molecule has 0 unspecified atom stereocenters. The molecule has 0 aromatic rings.